The number of hydrogen-bond donors (Lipinski definition) is 7. The highest BCUT2D eigenvalue weighted by atomic mass is 19.1. The minimum absolute atomic E-state index is 0.00191. The van der Waals surface area contributed by atoms with Gasteiger partial charge in [0.1, 0.15) is 133 Å². The predicted molar refractivity (Wildman–Crippen MR) is 290 cm³/mol. The topological polar surface area (TPSA) is 351 Å². The highest BCUT2D eigenvalue weighted by molar-refractivity contribution is 5.28. The molecule has 3 aromatic carbocycles. The van der Waals surface area contributed by atoms with Gasteiger partial charge < -0.3 is 76.5 Å². The van der Waals surface area contributed by atoms with E-state index >= 15 is 0 Å². The first-order valence-electron chi connectivity index (χ1n) is 24.5. The van der Waals surface area contributed by atoms with Crippen molar-refractivity contribution in [2.24, 2.45) is 0 Å². The van der Waals surface area contributed by atoms with Crippen molar-refractivity contribution >= 4 is 0 Å². The van der Waals surface area contributed by atoms with Gasteiger partial charge in [-0.2, -0.15) is 0 Å². The third kappa shape index (κ3) is 22.9. The van der Waals surface area contributed by atoms with Crippen LogP contribution >= 0.6 is 0 Å². The maximum Gasteiger partial charge on any atom is 0.227 e. The van der Waals surface area contributed by atoms with E-state index in [-0.39, 0.29) is 101 Å². The SMILES string of the molecule is O=c1cc(CF)oc(CO)c1O.O=c1cc(CF)oc(CO)c1OCc1ccccc1.O=c1cc(CF)occ1O.O=c1cc(CF)occ1OCc1ccccc1.O=c1cc(CO)occ1O.O=c1cc(CO)occ1OCc1ccccc1. The molecule has 9 rings (SSSR count). The van der Waals surface area contributed by atoms with Crippen molar-refractivity contribution in [3.05, 3.63) is 277 Å². The number of hydrogen-bond acceptors (Lipinski definition) is 22. The van der Waals surface area contributed by atoms with Crippen LogP contribution in [0.4, 0.5) is 17.6 Å². The average molecular weight is 1190 g/mol. The normalized spacial score (nSPS) is 10.1. The van der Waals surface area contributed by atoms with E-state index in [1.54, 1.807) is 0 Å². The van der Waals surface area contributed by atoms with Crippen LogP contribution in [-0.4, -0.2) is 35.7 Å². The first kappa shape index (κ1) is 67.2. The number of aliphatic hydroxyl groups is 4. The molecule has 0 amide bonds. The lowest BCUT2D eigenvalue weighted by Crippen LogP contribution is -2.11. The van der Waals surface area contributed by atoms with Crippen molar-refractivity contribution in [1.82, 2.24) is 0 Å². The molecule has 450 valence electrons. The summed E-state index contributed by atoms with van der Waals surface area (Å²) in [7, 11) is 0. The molecule has 0 saturated carbocycles. The van der Waals surface area contributed by atoms with Crippen LogP contribution in [0, 0.1) is 0 Å². The molecule has 0 aliphatic rings. The quantitative estimate of drug-likeness (QED) is 0.0433. The lowest BCUT2D eigenvalue weighted by Gasteiger charge is -2.09. The number of rotatable bonds is 17. The van der Waals surface area contributed by atoms with Crippen molar-refractivity contribution < 1.29 is 94.0 Å². The van der Waals surface area contributed by atoms with Gasteiger partial charge in [-0.25, -0.2) is 17.6 Å². The predicted octanol–water partition coefficient (Wildman–Crippen LogP) is 7.54. The Hall–Kier alpha value is -10.3. The molecule has 85 heavy (non-hydrogen) atoms. The Morgan fingerprint density at radius 2 is 0.682 bits per heavy atom. The molecule has 0 spiro atoms. The van der Waals surface area contributed by atoms with E-state index in [2.05, 4.69) is 13.3 Å². The van der Waals surface area contributed by atoms with Crippen molar-refractivity contribution in [2.75, 3.05) is 0 Å². The number of benzene rings is 3. The highest BCUT2D eigenvalue weighted by Crippen LogP contribution is 2.19. The molecule has 26 heteroatoms. The molecule has 0 bridgehead atoms. The first-order chi connectivity index (χ1) is 41.0. The summed E-state index contributed by atoms with van der Waals surface area (Å²) in [5.41, 5.74) is -0.304. The summed E-state index contributed by atoms with van der Waals surface area (Å²) in [6.45, 7) is -4.50. The Morgan fingerprint density at radius 1 is 0.353 bits per heavy atom. The zero-order chi connectivity index (χ0) is 62.1. The van der Waals surface area contributed by atoms with Crippen molar-refractivity contribution in [3.63, 3.8) is 0 Å². The molecule has 0 radical (unpaired) electrons. The number of halogens is 4. The van der Waals surface area contributed by atoms with Gasteiger partial charge >= 0.3 is 0 Å². The second kappa shape index (κ2) is 36.2. The van der Waals surface area contributed by atoms with Crippen LogP contribution in [-0.2, 0) is 72.9 Å². The molecule has 22 nitrogen and oxygen atoms in total. The second-order valence-electron chi connectivity index (χ2n) is 16.5. The number of ether oxygens (including phenoxy) is 3. The lowest BCUT2D eigenvalue weighted by atomic mass is 10.2. The summed E-state index contributed by atoms with van der Waals surface area (Å²) in [5.74, 6) is -1.88. The molecule has 6 heterocycles. The maximum atomic E-state index is 12.4. The van der Waals surface area contributed by atoms with Crippen LogP contribution in [0.25, 0.3) is 0 Å². The monoisotopic (exact) mass is 1190 g/mol. The van der Waals surface area contributed by atoms with Crippen LogP contribution in [0.3, 0.4) is 0 Å². The number of alkyl halides is 4. The zero-order valence-corrected chi connectivity index (χ0v) is 44.5. The Labute approximate surface area is 476 Å². The van der Waals surface area contributed by atoms with Crippen molar-refractivity contribution in [1.29, 1.82) is 0 Å². The van der Waals surface area contributed by atoms with Gasteiger partial charge in [-0.1, -0.05) is 91.0 Å². The summed E-state index contributed by atoms with van der Waals surface area (Å²) in [6.07, 6.45) is 4.07. The zero-order valence-electron chi connectivity index (χ0n) is 44.5. The van der Waals surface area contributed by atoms with E-state index < -0.39 is 78.9 Å². The number of aliphatic hydroxyl groups excluding tert-OH is 4. The average Bonchev–Trinajstić information content (AvgIpc) is 3.65. The molecule has 0 unspecified atom stereocenters. The van der Waals surface area contributed by atoms with E-state index in [9.17, 15) is 46.3 Å². The van der Waals surface area contributed by atoms with Gasteiger partial charge in [-0.15, -0.1) is 0 Å². The van der Waals surface area contributed by atoms with Gasteiger partial charge in [0.15, 0.2) is 23.0 Å². The standard InChI is InChI=1S/C14H13FO4.C13H11FO3.C13H12O4.C7H7FO4.C6H5FO3.C6H6O4/c15-7-11-6-12(17)14(13(8-16)19-11)18-9-10-4-2-1-3-5-10;2*14-7-11-6-12(15)13(9-16-11)17-8-10-4-2-1-3-5-10;8-2-4-1-5(10)7(11)6(3-9)12-4;2*7-2-4-1-5(8)6(9)3-10-4/h1-6,16H,7-9H2;1-6,9H,7-8H2;1-6,9,14H,7-8H2;1,9,11H,2-3H2;1,3,9H,2H2;1,3,7,9H,2H2. The second-order valence-corrected chi connectivity index (χ2v) is 16.5. The van der Waals surface area contributed by atoms with Gasteiger partial charge in [0.2, 0.25) is 55.6 Å². The fourth-order valence-corrected chi connectivity index (χ4v) is 6.15. The highest BCUT2D eigenvalue weighted by Gasteiger charge is 2.14. The molecule has 7 N–H and O–H groups in total. The molecule has 0 aliphatic heterocycles. The summed E-state index contributed by atoms with van der Waals surface area (Å²) in [5, 5.41) is 61.1. The van der Waals surface area contributed by atoms with Crippen LogP contribution in [0.15, 0.2) is 208 Å². The Kier molecular flexibility index (Phi) is 28.7. The third-order valence-electron chi connectivity index (χ3n) is 10.3. The summed E-state index contributed by atoms with van der Waals surface area (Å²) in [6, 6.07) is 34.3. The molecular weight excluding hydrogens is 1140 g/mol. The fraction of sp³-hybridized carbons (Fsp3) is 0.186. The largest absolute Gasteiger partial charge is 0.502 e. The van der Waals surface area contributed by atoms with E-state index in [0.717, 1.165) is 65.8 Å². The number of aromatic hydroxyl groups is 3. The molecule has 0 saturated heterocycles. The van der Waals surface area contributed by atoms with Gasteiger partial charge in [-0.3, -0.25) is 28.8 Å². The summed E-state index contributed by atoms with van der Waals surface area (Å²) in [4.78, 5) is 66.6. The Morgan fingerprint density at radius 3 is 1.07 bits per heavy atom. The Bertz CT molecular complexity index is 3650. The van der Waals surface area contributed by atoms with Gasteiger partial charge in [0.05, 0.1) is 0 Å². The van der Waals surface area contributed by atoms with Crippen LogP contribution in [0.5, 0.6) is 34.5 Å². The molecule has 9 aromatic rings. The fourth-order valence-electron chi connectivity index (χ4n) is 6.15. The summed E-state index contributed by atoms with van der Waals surface area (Å²) < 4.78 is 92.9. The minimum atomic E-state index is -0.942. The molecule has 0 aliphatic carbocycles. The Balaban J connectivity index is 0.000000222. The van der Waals surface area contributed by atoms with E-state index in [4.69, 9.17) is 63.2 Å². The van der Waals surface area contributed by atoms with E-state index in [1.807, 2.05) is 91.0 Å². The molecule has 6 aromatic heterocycles. The smallest absolute Gasteiger partial charge is 0.227 e. The summed E-state index contributed by atoms with van der Waals surface area (Å²) >= 11 is 0. The van der Waals surface area contributed by atoms with Crippen LogP contribution in [0.2, 0.25) is 0 Å². The minimum Gasteiger partial charge on any atom is -0.502 e. The molecule has 0 fully saturated rings. The van der Waals surface area contributed by atoms with Gasteiger partial charge in [-0.05, 0) is 16.7 Å². The molecular formula is C59H54F4O22. The maximum absolute atomic E-state index is 12.4. The van der Waals surface area contributed by atoms with Crippen LogP contribution < -0.4 is 46.8 Å². The van der Waals surface area contributed by atoms with Crippen LogP contribution in [0.1, 0.15) is 62.8 Å². The first-order valence-corrected chi connectivity index (χ1v) is 24.5. The van der Waals surface area contributed by atoms with Crippen molar-refractivity contribution in [3.8, 4) is 34.5 Å². The van der Waals surface area contributed by atoms with Crippen molar-refractivity contribution in [2.45, 2.75) is 72.9 Å². The van der Waals surface area contributed by atoms with E-state index in [0.29, 0.717) is 6.61 Å². The van der Waals surface area contributed by atoms with Gasteiger partial charge in [0, 0.05) is 36.4 Å². The molecule has 0 atom stereocenters. The lowest BCUT2D eigenvalue weighted by molar-refractivity contribution is 0.208. The third-order valence-corrected chi connectivity index (χ3v) is 10.3. The van der Waals surface area contributed by atoms with Gasteiger partial charge in [0.25, 0.3) is 0 Å². The van der Waals surface area contributed by atoms with E-state index in [1.165, 1.54) is 12.3 Å².